The summed E-state index contributed by atoms with van der Waals surface area (Å²) >= 11 is 0. The van der Waals surface area contributed by atoms with Crippen molar-refractivity contribution in [2.45, 2.75) is 18.5 Å². The molecule has 0 aliphatic carbocycles. The molecule has 0 N–H and O–H groups in total. The zero-order chi connectivity index (χ0) is 17.2. The van der Waals surface area contributed by atoms with Crippen molar-refractivity contribution in [1.29, 1.82) is 0 Å². The Balaban J connectivity index is 1.79. The summed E-state index contributed by atoms with van der Waals surface area (Å²) in [4.78, 5) is 18.0. The Morgan fingerprint density at radius 1 is 1.04 bits per heavy atom. The average Bonchev–Trinajstić information content (AvgIpc) is 2.67. The highest BCUT2D eigenvalue weighted by Crippen LogP contribution is 2.41. The monoisotopic (exact) mass is 331 g/mol. The van der Waals surface area contributed by atoms with E-state index >= 15 is 0 Å². The smallest absolute Gasteiger partial charge is 0.274 e. The molecule has 2 aliphatic rings. The van der Waals surface area contributed by atoms with Gasteiger partial charge in [0.2, 0.25) is 0 Å². The van der Waals surface area contributed by atoms with Crippen molar-refractivity contribution in [1.82, 2.24) is 4.90 Å². The van der Waals surface area contributed by atoms with Crippen LogP contribution in [-0.4, -0.2) is 15.7 Å². The van der Waals surface area contributed by atoms with Gasteiger partial charge in [-0.15, -0.1) is 0 Å². The van der Waals surface area contributed by atoms with Crippen LogP contribution in [0.3, 0.4) is 0 Å². The van der Waals surface area contributed by atoms with Gasteiger partial charge in [0.1, 0.15) is 5.84 Å². The largest absolute Gasteiger partial charge is 0.326 e. The number of amidine groups is 1. The van der Waals surface area contributed by atoms with E-state index in [0.29, 0.717) is 12.0 Å². The maximum atomic E-state index is 11.4. The average molecular weight is 331 g/mol. The second kappa shape index (κ2) is 6.36. The second-order valence-corrected chi connectivity index (χ2v) is 6.09. The molecule has 2 unspecified atom stereocenters. The van der Waals surface area contributed by atoms with Gasteiger partial charge in [0.15, 0.2) is 0 Å². The molecule has 124 valence electrons. The highest BCUT2D eigenvalue weighted by Gasteiger charge is 2.33. The quantitative estimate of drug-likeness (QED) is 0.611. The summed E-state index contributed by atoms with van der Waals surface area (Å²) in [7, 11) is 0. The predicted molar refractivity (Wildman–Crippen MR) is 97.2 cm³/mol. The summed E-state index contributed by atoms with van der Waals surface area (Å²) in [6.45, 7) is 0. The molecule has 0 spiro atoms. The zero-order valence-corrected chi connectivity index (χ0v) is 13.5. The van der Waals surface area contributed by atoms with E-state index < -0.39 is 0 Å². The van der Waals surface area contributed by atoms with E-state index in [2.05, 4.69) is 17.0 Å². The van der Waals surface area contributed by atoms with E-state index in [1.165, 1.54) is 5.56 Å². The summed E-state index contributed by atoms with van der Waals surface area (Å²) in [6, 6.07) is 17.0. The number of rotatable bonds is 3. The van der Waals surface area contributed by atoms with Gasteiger partial charge in [0.25, 0.3) is 5.69 Å². The molecule has 0 saturated heterocycles. The van der Waals surface area contributed by atoms with Crippen molar-refractivity contribution in [3.63, 3.8) is 0 Å². The highest BCUT2D eigenvalue weighted by atomic mass is 16.6. The molecule has 25 heavy (non-hydrogen) atoms. The third-order valence-corrected chi connectivity index (χ3v) is 4.61. The fourth-order valence-electron chi connectivity index (χ4n) is 3.46. The van der Waals surface area contributed by atoms with Crippen molar-refractivity contribution in [3.05, 3.63) is 100 Å². The Morgan fingerprint density at radius 2 is 1.80 bits per heavy atom. The first-order valence-corrected chi connectivity index (χ1v) is 8.23. The third kappa shape index (κ3) is 2.85. The van der Waals surface area contributed by atoms with E-state index in [-0.39, 0.29) is 22.7 Å². The number of benzene rings is 2. The lowest BCUT2D eigenvalue weighted by Gasteiger charge is -2.38. The fourth-order valence-corrected chi connectivity index (χ4v) is 3.46. The minimum absolute atomic E-state index is 0.0970. The molecule has 2 aliphatic heterocycles. The molecule has 0 aromatic heterocycles. The van der Waals surface area contributed by atoms with E-state index in [1.54, 1.807) is 12.1 Å². The first kappa shape index (κ1) is 15.3. The SMILES string of the molecule is O=[N+]([O-])c1ccccc1C1CC(c2ccccc2)N2C=CC=CC2=N1. The number of nitro groups is 1. The molecule has 4 rings (SSSR count). The summed E-state index contributed by atoms with van der Waals surface area (Å²) in [6.07, 6.45) is 8.60. The molecule has 0 bridgehead atoms. The van der Waals surface area contributed by atoms with Crippen LogP contribution in [-0.2, 0) is 0 Å². The molecule has 2 aromatic rings. The molecule has 2 heterocycles. The molecule has 5 heteroatoms. The Kier molecular flexibility index (Phi) is 3.90. The number of hydrogen-bond acceptors (Lipinski definition) is 4. The van der Waals surface area contributed by atoms with Crippen LogP contribution >= 0.6 is 0 Å². The third-order valence-electron chi connectivity index (χ3n) is 4.61. The Hall–Kier alpha value is -3.21. The van der Waals surface area contributed by atoms with Gasteiger partial charge < -0.3 is 4.90 Å². The molecule has 2 aromatic carbocycles. The number of allylic oxidation sites excluding steroid dienone is 2. The lowest BCUT2D eigenvalue weighted by atomic mass is 9.91. The normalized spacial score (nSPS) is 21.6. The van der Waals surface area contributed by atoms with Crippen LogP contribution in [0, 0.1) is 10.1 Å². The molecule has 2 atom stereocenters. The lowest BCUT2D eigenvalue weighted by Crippen LogP contribution is -2.35. The summed E-state index contributed by atoms with van der Waals surface area (Å²) in [5, 5.41) is 11.4. The van der Waals surface area contributed by atoms with Crippen LogP contribution in [0.4, 0.5) is 5.69 Å². The van der Waals surface area contributed by atoms with E-state index in [1.807, 2.05) is 54.8 Å². The van der Waals surface area contributed by atoms with E-state index in [4.69, 9.17) is 4.99 Å². The van der Waals surface area contributed by atoms with Crippen molar-refractivity contribution >= 4 is 11.5 Å². The number of aliphatic imine (C=N–C) groups is 1. The molecular weight excluding hydrogens is 314 g/mol. The summed E-state index contributed by atoms with van der Waals surface area (Å²) in [5.74, 6) is 0.839. The molecular formula is C20H17N3O2. The molecule has 0 fully saturated rings. The van der Waals surface area contributed by atoms with Crippen molar-refractivity contribution < 1.29 is 4.92 Å². The van der Waals surface area contributed by atoms with Crippen LogP contribution in [0.25, 0.3) is 0 Å². The number of para-hydroxylation sites is 1. The number of nitro benzene ring substituents is 1. The number of hydrogen-bond donors (Lipinski definition) is 0. The second-order valence-electron chi connectivity index (χ2n) is 6.09. The van der Waals surface area contributed by atoms with Crippen molar-refractivity contribution in [2.75, 3.05) is 0 Å². The lowest BCUT2D eigenvalue weighted by molar-refractivity contribution is -0.385. The van der Waals surface area contributed by atoms with E-state index in [0.717, 1.165) is 5.84 Å². The van der Waals surface area contributed by atoms with Gasteiger partial charge in [-0.3, -0.25) is 15.1 Å². The maximum Gasteiger partial charge on any atom is 0.274 e. The molecule has 0 radical (unpaired) electrons. The van der Waals surface area contributed by atoms with Gasteiger partial charge in [0.05, 0.1) is 22.6 Å². The minimum Gasteiger partial charge on any atom is -0.326 e. The topological polar surface area (TPSA) is 58.7 Å². The first-order chi connectivity index (χ1) is 12.2. The fraction of sp³-hybridized carbons (Fsp3) is 0.150. The number of fused-ring (bicyclic) bond motifs is 1. The van der Waals surface area contributed by atoms with Crippen LogP contribution in [0.1, 0.15) is 29.6 Å². The van der Waals surface area contributed by atoms with Gasteiger partial charge in [-0.05, 0) is 30.2 Å². The standard InChI is InChI=1S/C20H17N3O2/c24-23(25)18-11-5-4-10-16(18)17-14-19(15-8-2-1-3-9-15)22-13-7-6-12-20(22)21-17/h1-13,17,19H,14H2. The summed E-state index contributed by atoms with van der Waals surface area (Å²) < 4.78 is 0. The minimum atomic E-state index is -0.323. The maximum absolute atomic E-state index is 11.4. The van der Waals surface area contributed by atoms with Crippen molar-refractivity contribution in [2.24, 2.45) is 4.99 Å². The van der Waals surface area contributed by atoms with E-state index in [9.17, 15) is 10.1 Å². The van der Waals surface area contributed by atoms with Crippen LogP contribution < -0.4 is 0 Å². The predicted octanol–water partition coefficient (Wildman–Crippen LogP) is 4.56. The van der Waals surface area contributed by atoms with Gasteiger partial charge >= 0.3 is 0 Å². The molecule has 0 amide bonds. The Labute approximate surface area is 145 Å². The van der Waals surface area contributed by atoms with Gasteiger partial charge in [0, 0.05) is 12.3 Å². The van der Waals surface area contributed by atoms with Gasteiger partial charge in [-0.2, -0.15) is 0 Å². The first-order valence-electron chi connectivity index (χ1n) is 8.23. The number of nitrogens with zero attached hydrogens (tertiary/aromatic N) is 3. The van der Waals surface area contributed by atoms with Crippen LogP contribution in [0.15, 0.2) is 84.0 Å². The molecule has 0 saturated carbocycles. The van der Waals surface area contributed by atoms with Crippen LogP contribution in [0.2, 0.25) is 0 Å². The summed E-state index contributed by atoms with van der Waals surface area (Å²) in [5.41, 5.74) is 1.98. The van der Waals surface area contributed by atoms with Crippen molar-refractivity contribution in [3.8, 4) is 0 Å². The zero-order valence-electron chi connectivity index (χ0n) is 13.5. The Bertz CT molecular complexity index is 887. The Morgan fingerprint density at radius 3 is 2.60 bits per heavy atom. The van der Waals surface area contributed by atoms with Crippen LogP contribution in [0.5, 0.6) is 0 Å². The van der Waals surface area contributed by atoms with Gasteiger partial charge in [-0.1, -0.05) is 48.5 Å². The van der Waals surface area contributed by atoms with Gasteiger partial charge in [-0.25, -0.2) is 0 Å². The molecule has 5 nitrogen and oxygen atoms in total. The highest BCUT2D eigenvalue weighted by molar-refractivity contribution is 5.96.